The van der Waals surface area contributed by atoms with Crippen LogP contribution in [0.2, 0.25) is 5.02 Å². The summed E-state index contributed by atoms with van der Waals surface area (Å²) >= 11 is 5.90. The van der Waals surface area contributed by atoms with Gasteiger partial charge in [0.1, 0.15) is 23.3 Å². The van der Waals surface area contributed by atoms with Gasteiger partial charge in [-0.05, 0) is 12.1 Å². The van der Waals surface area contributed by atoms with Gasteiger partial charge in [-0.3, -0.25) is 0 Å². The highest BCUT2D eigenvalue weighted by Gasteiger charge is 2.19. The van der Waals surface area contributed by atoms with E-state index in [1.165, 1.54) is 19.2 Å². The number of esters is 1. The summed E-state index contributed by atoms with van der Waals surface area (Å²) in [5.74, 6) is -1.04. The van der Waals surface area contributed by atoms with Crippen molar-refractivity contribution in [2.45, 2.75) is 6.42 Å². The predicted octanol–water partition coefficient (Wildman–Crippen LogP) is 2.84. The maximum absolute atomic E-state index is 13.6. The number of carbonyl (C=O) groups excluding carboxylic acids is 1. The first-order valence-corrected chi connectivity index (χ1v) is 5.45. The van der Waals surface area contributed by atoms with Crippen molar-refractivity contribution in [3.63, 3.8) is 0 Å². The average molecular weight is 270 g/mol. The number of benzene rings is 1. The molecule has 0 unspecified atom stereocenters. The van der Waals surface area contributed by atoms with Crippen LogP contribution in [0.4, 0.5) is 4.39 Å². The Morgan fingerprint density at radius 1 is 1.56 bits per heavy atom. The minimum absolute atomic E-state index is 0.0619. The summed E-state index contributed by atoms with van der Waals surface area (Å²) in [6.45, 7) is 0. The molecule has 0 aliphatic rings. The average Bonchev–Trinajstić information content (AvgIpc) is 2.81. The molecule has 0 radical (unpaired) electrons. The van der Waals surface area contributed by atoms with Gasteiger partial charge < -0.3 is 9.26 Å². The molecule has 0 saturated carbocycles. The van der Waals surface area contributed by atoms with Gasteiger partial charge in [-0.2, -0.15) is 0 Å². The Kier molecular flexibility index (Phi) is 3.62. The lowest BCUT2D eigenvalue weighted by Crippen LogP contribution is -2.05. The van der Waals surface area contributed by atoms with Gasteiger partial charge in [0.05, 0.1) is 7.11 Å². The molecule has 2 aromatic rings. The van der Waals surface area contributed by atoms with E-state index in [1.54, 1.807) is 6.07 Å². The number of halogens is 2. The normalized spacial score (nSPS) is 10.4. The maximum Gasteiger partial charge on any atom is 0.343 e. The molecular weight excluding hydrogens is 261 g/mol. The van der Waals surface area contributed by atoms with Gasteiger partial charge >= 0.3 is 5.97 Å². The first-order chi connectivity index (χ1) is 8.63. The van der Waals surface area contributed by atoms with Gasteiger partial charge in [-0.25, -0.2) is 9.18 Å². The van der Waals surface area contributed by atoms with Crippen molar-refractivity contribution in [3.8, 4) is 0 Å². The molecule has 0 spiro atoms. The van der Waals surface area contributed by atoms with Crippen LogP contribution in [0, 0.1) is 5.82 Å². The van der Waals surface area contributed by atoms with Crippen molar-refractivity contribution in [3.05, 3.63) is 52.1 Å². The SMILES string of the molecule is COC(=O)c1conc1Cc1c(F)cccc1Cl. The van der Waals surface area contributed by atoms with E-state index in [4.69, 9.17) is 16.1 Å². The molecule has 4 nitrogen and oxygen atoms in total. The van der Waals surface area contributed by atoms with Gasteiger partial charge in [0.15, 0.2) is 0 Å². The number of aromatic nitrogens is 1. The maximum atomic E-state index is 13.6. The lowest BCUT2D eigenvalue weighted by Gasteiger charge is -2.04. The van der Waals surface area contributed by atoms with E-state index in [9.17, 15) is 9.18 Å². The molecule has 2 rings (SSSR count). The van der Waals surface area contributed by atoms with Crippen LogP contribution < -0.4 is 0 Å². The second-order valence-electron chi connectivity index (χ2n) is 3.54. The molecule has 18 heavy (non-hydrogen) atoms. The number of hydrogen-bond acceptors (Lipinski definition) is 4. The Bertz CT molecular complexity index is 562. The van der Waals surface area contributed by atoms with Crippen LogP contribution in [0.25, 0.3) is 0 Å². The fourth-order valence-corrected chi connectivity index (χ4v) is 1.76. The first kappa shape index (κ1) is 12.6. The second-order valence-corrected chi connectivity index (χ2v) is 3.95. The molecule has 0 aliphatic carbocycles. The fourth-order valence-electron chi connectivity index (χ4n) is 1.53. The van der Waals surface area contributed by atoms with Crippen LogP contribution in [0.5, 0.6) is 0 Å². The van der Waals surface area contributed by atoms with E-state index in [2.05, 4.69) is 9.89 Å². The van der Waals surface area contributed by atoms with Gasteiger partial charge in [0, 0.05) is 17.0 Å². The lowest BCUT2D eigenvalue weighted by atomic mass is 10.1. The minimum atomic E-state index is -0.585. The summed E-state index contributed by atoms with van der Waals surface area (Å²) < 4.78 is 22.9. The Morgan fingerprint density at radius 2 is 2.33 bits per heavy atom. The fraction of sp³-hybridized carbons (Fsp3) is 0.167. The molecular formula is C12H9ClFNO3. The molecule has 1 aromatic heterocycles. The summed E-state index contributed by atoms with van der Waals surface area (Å²) in [5, 5.41) is 3.93. The topological polar surface area (TPSA) is 52.3 Å². The number of carbonyl (C=O) groups is 1. The molecule has 0 fully saturated rings. The zero-order valence-corrected chi connectivity index (χ0v) is 10.2. The molecule has 0 N–H and O–H groups in total. The van der Waals surface area contributed by atoms with Crippen LogP contribution in [0.1, 0.15) is 21.6 Å². The van der Waals surface area contributed by atoms with E-state index in [0.717, 1.165) is 6.26 Å². The van der Waals surface area contributed by atoms with E-state index < -0.39 is 11.8 Å². The third-order valence-electron chi connectivity index (χ3n) is 2.46. The number of hydrogen-bond donors (Lipinski definition) is 0. The van der Waals surface area contributed by atoms with E-state index in [1.807, 2.05) is 0 Å². The third-order valence-corrected chi connectivity index (χ3v) is 2.81. The van der Waals surface area contributed by atoms with Crippen LogP contribution >= 0.6 is 11.6 Å². The Morgan fingerprint density at radius 3 is 3.00 bits per heavy atom. The molecule has 1 heterocycles. The molecule has 0 atom stereocenters. The van der Waals surface area contributed by atoms with Crippen LogP contribution in [-0.2, 0) is 11.2 Å². The van der Waals surface area contributed by atoms with Crippen molar-refractivity contribution in [1.29, 1.82) is 0 Å². The lowest BCUT2D eigenvalue weighted by molar-refractivity contribution is 0.0599. The Labute approximate surface area is 107 Å². The van der Waals surface area contributed by atoms with E-state index >= 15 is 0 Å². The monoisotopic (exact) mass is 269 g/mol. The number of methoxy groups -OCH3 is 1. The Hall–Kier alpha value is -1.88. The zero-order chi connectivity index (χ0) is 13.1. The van der Waals surface area contributed by atoms with Gasteiger partial charge in [-0.15, -0.1) is 0 Å². The minimum Gasteiger partial charge on any atom is -0.465 e. The molecule has 0 amide bonds. The zero-order valence-electron chi connectivity index (χ0n) is 9.44. The molecule has 0 saturated heterocycles. The van der Waals surface area contributed by atoms with Crippen molar-refractivity contribution >= 4 is 17.6 Å². The van der Waals surface area contributed by atoms with Crippen molar-refractivity contribution in [1.82, 2.24) is 5.16 Å². The van der Waals surface area contributed by atoms with Gasteiger partial charge in [0.25, 0.3) is 0 Å². The molecule has 6 heteroatoms. The summed E-state index contributed by atoms with van der Waals surface area (Å²) in [6, 6.07) is 4.36. The van der Waals surface area contributed by atoms with Crippen molar-refractivity contribution in [2.24, 2.45) is 0 Å². The van der Waals surface area contributed by atoms with E-state index in [0.29, 0.717) is 0 Å². The van der Waals surface area contributed by atoms with Crippen molar-refractivity contribution in [2.75, 3.05) is 7.11 Å². The summed E-state index contributed by atoms with van der Waals surface area (Å²) in [5.41, 5.74) is 0.712. The summed E-state index contributed by atoms with van der Waals surface area (Å²) in [6.07, 6.45) is 1.22. The molecule has 94 valence electrons. The second kappa shape index (κ2) is 5.18. The first-order valence-electron chi connectivity index (χ1n) is 5.08. The molecule has 1 aromatic carbocycles. The van der Waals surface area contributed by atoms with Crippen molar-refractivity contribution < 1.29 is 18.4 Å². The molecule has 0 aliphatic heterocycles. The van der Waals surface area contributed by atoms with Gasteiger partial charge in [-0.1, -0.05) is 22.8 Å². The van der Waals surface area contributed by atoms with Crippen LogP contribution in [0.15, 0.2) is 29.0 Å². The standard InChI is InChI=1S/C12H9ClFNO3/c1-17-12(16)8-6-18-15-11(8)5-7-9(13)3-2-4-10(7)14/h2-4,6H,5H2,1H3. The highest BCUT2D eigenvalue weighted by molar-refractivity contribution is 6.31. The van der Waals surface area contributed by atoms with E-state index in [-0.39, 0.29) is 28.3 Å². The predicted molar refractivity (Wildman–Crippen MR) is 62.1 cm³/mol. The smallest absolute Gasteiger partial charge is 0.343 e. The molecule has 0 bridgehead atoms. The van der Waals surface area contributed by atoms with Gasteiger partial charge in [0.2, 0.25) is 0 Å². The quantitative estimate of drug-likeness (QED) is 0.804. The van der Waals surface area contributed by atoms with Crippen LogP contribution in [0.3, 0.4) is 0 Å². The summed E-state index contributed by atoms with van der Waals surface area (Å²) in [7, 11) is 1.25. The van der Waals surface area contributed by atoms with Crippen LogP contribution in [-0.4, -0.2) is 18.2 Å². The largest absolute Gasteiger partial charge is 0.465 e. The number of rotatable bonds is 3. The highest BCUT2D eigenvalue weighted by Crippen LogP contribution is 2.23. The third kappa shape index (κ3) is 2.36. The number of nitrogens with zero attached hydrogens (tertiary/aromatic N) is 1. The summed E-state index contributed by atoms with van der Waals surface area (Å²) in [4.78, 5) is 11.4. The Balaban J connectivity index is 2.35. The highest BCUT2D eigenvalue weighted by atomic mass is 35.5. The number of ether oxygens (including phenoxy) is 1.